The molecule has 0 amide bonds. The SMILES string of the molecule is CCCCC/C=C\C/C=C\CCCCCCCCCCCC(=O)OC(COC(=O)CCCCCCCCCCCCCCCC)COC(=O)CCCCCCCCCCCCCCCCCCCCCCCCCCCCCC. The van der Waals surface area contributed by atoms with Gasteiger partial charge in [0.15, 0.2) is 6.10 Å². The average Bonchev–Trinajstić information content (AvgIpc) is 3.45. The summed E-state index contributed by atoms with van der Waals surface area (Å²) in [6.07, 6.45) is 83.6. The van der Waals surface area contributed by atoms with Gasteiger partial charge in [-0.1, -0.05) is 360 Å². The quantitative estimate of drug-likeness (QED) is 0.0261. The molecule has 0 aliphatic heterocycles. The Balaban J connectivity index is 4.19. The van der Waals surface area contributed by atoms with Gasteiger partial charge in [0, 0.05) is 19.3 Å². The molecule has 0 heterocycles. The molecule has 466 valence electrons. The van der Waals surface area contributed by atoms with Crippen LogP contribution >= 0.6 is 0 Å². The Morgan fingerprint density at radius 3 is 0.722 bits per heavy atom. The molecule has 0 radical (unpaired) electrons. The third kappa shape index (κ3) is 66.6. The minimum atomic E-state index is -0.770. The second-order valence-corrected chi connectivity index (χ2v) is 24.5. The van der Waals surface area contributed by atoms with Crippen LogP contribution in [0.3, 0.4) is 0 Å². The van der Waals surface area contributed by atoms with Crippen LogP contribution in [0.1, 0.15) is 406 Å². The Morgan fingerprint density at radius 2 is 0.456 bits per heavy atom. The molecule has 0 N–H and O–H groups in total. The summed E-state index contributed by atoms with van der Waals surface area (Å²) in [4.78, 5) is 38.4. The van der Waals surface area contributed by atoms with E-state index in [2.05, 4.69) is 45.1 Å². The van der Waals surface area contributed by atoms with E-state index in [-0.39, 0.29) is 31.1 Å². The number of hydrogen-bond acceptors (Lipinski definition) is 6. The van der Waals surface area contributed by atoms with Crippen LogP contribution in [0.2, 0.25) is 0 Å². The fraction of sp³-hybridized carbons (Fsp3) is 0.904. The van der Waals surface area contributed by atoms with Crippen LogP contribution in [-0.4, -0.2) is 37.2 Å². The number of unbranched alkanes of at least 4 members (excludes halogenated alkanes) is 52. The van der Waals surface area contributed by atoms with E-state index in [9.17, 15) is 14.4 Å². The first-order valence-corrected chi connectivity index (χ1v) is 35.8. The number of carbonyl (C=O) groups is 3. The van der Waals surface area contributed by atoms with E-state index in [1.807, 2.05) is 0 Å². The molecular formula is C73H138O6. The fourth-order valence-corrected chi connectivity index (χ4v) is 11.1. The molecular weight excluding hydrogens is 973 g/mol. The molecule has 0 aliphatic rings. The number of esters is 3. The predicted molar refractivity (Wildman–Crippen MR) is 344 cm³/mol. The maximum Gasteiger partial charge on any atom is 0.306 e. The number of carbonyl (C=O) groups excluding carboxylic acids is 3. The Morgan fingerprint density at radius 1 is 0.253 bits per heavy atom. The lowest BCUT2D eigenvalue weighted by molar-refractivity contribution is -0.167. The van der Waals surface area contributed by atoms with Gasteiger partial charge in [-0.05, 0) is 51.4 Å². The van der Waals surface area contributed by atoms with Crippen LogP contribution in [0.15, 0.2) is 24.3 Å². The summed E-state index contributed by atoms with van der Waals surface area (Å²) < 4.78 is 17.0. The molecule has 0 rings (SSSR count). The number of ether oxygens (including phenoxy) is 3. The smallest absolute Gasteiger partial charge is 0.306 e. The summed E-state index contributed by atoms with van der Waals surface area (Å²) in [6.45, 7) is 6.70. The van der Waals surface area contributed by atoms with E-state index in [0.29, 0.717) is 19.3 Å². The molecule has 0 saturated carbocycles. The van der Waals surface area contributed by atoms with E-state index in [0.717, 1.165) is 64.2 Å². The fourth-order valence-electron chi connectivity index (χ4n) is 11.1. The summed E-state index contributed by atoms with van der Waals surface area (Å²) in [5.41, 5.74) is 0. The average molecular weight is 1110 g/mol. The van der Waals surface area contributed by atoms with Gasteiger partial charge in [0.25, 0.3) is 0 Å². The molecule has 0 saturated heterocycles. The van der Waals surface area contributed by atoms with Gasteiger partial charge in [-0.3, -0.25) is 14.4 Å². The van der Waals surface area contributed by atoms with Crippen molar-refractivity contribution in [3.8, 4) is 0 Å². The molecule has 0 aliphatic carbocycles. The zero-order chi connectivity index (χ0) is 57.1. The van der Waals surface area contributed by atoms with Crippen LogP contribution in [-0.2, 0) is 28.6 Å². The topological polar surface area (TPSA) is 78.9 Å². The second-order valence-electron chi connectivity index (χ2n) is 24.5. The molecule has 0 aromatic heterocycles. The highest BCUT2D eigenvalue weighted by molar-refractivity contribution is 5.71. The van der Waals surface area contributed by atoms with Crippen molar-refractivity contribution in [2.45, 2.75) is 412 Å². The van der Waals surface area contributed by atoms with E-state index >= 15 is 0 Å². The third-order valence-electron chi connectivity index (χ3n) is 16.5. The maximum absolute atomic E-state index is 12.9. The summed E-state index contributed by atoms with van der Waals surface area (Å²) in [5, 5.41) is 0. The molecule has 79 heavy (non-hydrogen) atoms. The molecule has 0 aromatic rings. The van der Waals surface area contributed by atoms with Gasteiger partial charge < -0.3 is 14.2 Å². The van der Waals surface area contributed by atoms with Crippen molar-refractivity contribution in [3.05, 3.63) is 24.3 Å². The largest absolute Gasteiger partial charge is 0.462 e. The first-order chi connectivity index (χ1) is 39.0. The number of rotatable bonds is 67. The molecule has 0 aromatic carbocycles. The van der Waals surface area contributed by atoms with Gasteiger partial charge in [0.1, 0.15) is 13.2 Å². The van der Waals surface area contributed by atoms with Crippen molar-refractivity contribution in [3.63, 3.8) is 0 Å². The maximum atomic E-state index is 12.9. The lowest BCUT2D eigenvalue weighted by Crippen LogP contribution is -2.30. The van der Waals surface area contributed by atoms with Crippen LogP contribution < -0.4 is 0 Å². The molecule has 0 fully saturated rings. The van der Waals surface area contributed by atoms with Crippen molar-refractivity contribution in [2.24, 2.45) is 0 Å². The molecule has 0 bridgehead atoms. The van der Waals surface area contributed by atoms with Crippen molar-refractivity contribution in [1.82, 2.24) is 0 Å². The summed E-state index contributed by atoms with van der Waals surface area (Å²) >= 11 is 0. The van der Waals surface area contributed by atoms with Crippen LogP contribution in [0.25, 0.3) is 0 Å². The minimum Gasteiger partial charge on any atom is -0.462 e. The molecule has 6 heteroatoms. The first-order valence-electron chi connectivity index (χ1n) is 35.8. The number of allylic oxidation sites excluding steroid dienone is 4. The van der Waals surface area contributed by atoms with E-state index in [1.54, 1.807) is 0 Å². The van der Waals surface area contributed by atoms with Crippen LogP contribution in [0.5, 0.6) is 0 Å². The van der Waals surface area contributed by atoms with Crippen molar-refractivity contribution < 1.29 is 28.6 Å². The highest BCUT2D eigenvalue weighted by Crippen LogP contribution is 2.19. The zero-order valence-corrected chi connectivity index (χ0v) is 53.7. The standard InChI is InChI=1S/C73H138O6/c1-4-7-10-13-16-19-22-25-28-30-32-33-34-35-36-37-38-39-40-42-43-45-48-51-54-57-60-63-66-72(75)78-69-70(68-77-71(74)65-62-59-56-53-50-47-27-24-21-18-15-12-9-6-3)79-73(76)67-64-61-58-55-52-49-46-44-41-31-29-26-23-20-17-14-11-8-5-2/h17,20,26,29,70H,4-16,18-19,21-25,27-28,30-69H2,1-3H3/b20-17-,29-26-. The Labute approximate surface area is 493 Å². The van der Waals surface area contributed by atoms with Crippen molar-refractivity contribution >= 4 is 17.9 Å². The van der Waals surface area contributed by atoms with Gasteiger partial charge in [-0.2, -0.15) is 0 Å². The third-order valence-corrected chi connectivity index (χ3v) is 16.5. The monoisotopic (exact) mass is 1110 g/mol. The highest BCUT2D eigenvalue weighted by Gasteiger charge is 2.19. The summed E-state index contributed by atoms with van der Waals surface area (Å²) in [7, 11) is 0. The van der Waals surface area contributed by atoms with E-state index in [4.69, 9.17) is 14.2 Å². The van der Waals surface area contributed by atoms with Crippen molar-refractivity contribution in [1.29, 1.82) is 0 Å². The van der Waals surface area contributed by atoms with Gasteiger partial charge in [-0.15, -0.1) is 0 Å². The van der Waals surface area contributed by atoms with E-state index < -0.39 is 6.10 Å². The Kier molecular flexibility index (Phi) is 66.6. The lowest BCUT2D eigenvalue weighted by atomic mass is 10.0. The Hall–Kier alpha value is -2.11. The predicted octanol–water partition coefficient (Wildman–Crippen LogP) is 24.6. The molecule has 1 atom stereocenters. The van der Waals surface area contributed by atoms with Gasteiger partial charge in [0.05, 0.1) is 0 Å². The first kappa shape index (κ1) is 76.9. The van der Waals surface area contributed by atoms with Gasteiger partial charge in [-0.25, -0.2) is 0 Å². The normalized spacial score (nSPS) is 12.1. The molecule has 0 spiro atoms. The highest BCUT2D eigenvalue weighted by atomic mass is 16.6. The van der Waals surface area contributed by atoms with Crippen LogP contribution in [0, 0.1) is 0 Å². The molecule has 1 unspecified atom stereocenters. The zero-order valence-electron chi connectivity index (χ0n) is 53.7. The summed E-state index contributed by atoms with van der Waals surface area (Å²) in [5.74, 6) is -0.838. The van der Waals surface area contributed by atoms with Crippen LogP contribution in [0.4, 0.5) is 0 Å². The van der Waals surface area contributed by atoms with Crippen molar-refractivity contribution in [2.75, 3.05) is 13.2 Å². The Bertz CT molecular complexity index is 1270. The minimum absolute atomic E-state index is 0.0664. The van der Waals surface area contributed by atoms with E-state index in [1.165, 1.54) is 302 Å². The molecule has 6 nitrogen and oxygen atoms in total. The second kappa shape index (κ2) is 68.4. The number of hydrogen-bond donors (Lipinski definition) is 0. The summed E-state index contributed by atoms with van der Waals surface area (Å²) in [6, 6.07) is 0. The van der Waals surface area contributed by atoms with Gasteiger partial charge >= 0.3 is 17.9 Å². The lowest BCUT2D eigenvalue weighted by Gasteiger charge is -2.18. The van der Waals surface area contributed by atoms with Gasteiger partial charge in [0.2, 0.25) is 0 Å².